The molecule has 0 unspecified atom stereocenters. The monoisotopic (exact) mass is 210 g/mol. The smallest absolute Gasteiger partial charge is 0.317 e. The van der Waals surface area contributed by atoms with Gasteiger partial charge in [0.25, 0.3) is 0 Å². The lowest BCUT2D eigenvalue weighted by molar-refractivity contribution is -0.135. The van der Waals surface area contributed by atoms with Gasteiger partial charge in [-0.1, -0.05) is 0 Å². The van der Waals surface area contributed by atoms with E-state index < -0.39 is 5.97 Å². The standard InChI is InChI=1S/C9H14N4O2/c1-13(2)9-11-4-7(5-12-9)3-10-6-8(14)15/h4-5,10H,3,6H2,1-2H3,(H,14,15). The zero-order valence-corrected chi connectivity index (χ0v) is 8.77. The SMILES string of the molecule is CN(C)c1ncc(CNCC(=O)O)cn1. The molecule has 6 nitrogen and oxygen atoms in total. The number of aliphatic carboxylic acids is 1. The van der Waals surface area contributed by atoms with Gasteiger partial charge in [0.15, 0.2) is 0 Å². The molecule has 0 amide bonds. The van der Waals surface area contributed by atoms with Crippen LogP contribution in [0.3, 0.4) is 0 Å². The summed E-state index contributed by atoms with van der Waals surface area (Å²) in [6.07, 6.45) is 3.36. The van der Waals surface area contributed by atoms with E-state index in [0.29, 0.717) is 12.5 Å². The maximum atomic E-state index is 10.2. The lowest BCUT2D eigenvalue weighted by Gasteiger charge is -2.09. The van der Waals surface area contributed by atoms with Gasteiger partial charge in [0.1, 0.15) is 0 Å². The summed E-state index contributed by atoms with van der Waals surface area (Å²) in [4.78, 5) is 20.2. The van der Waals surface area contributed by atoms with Crippen molar-refractivity contribution in [2.24, 2.45) is 0 Å². The minimum Gasteiger partial charge on any atom is -0.480 e. The molecule has 1 heterocycles. The van der Waals surface area contributed by atoms with Gasteiger partial charge in [-0.2, -0.15) is 0 Å². The molecule has 0 aromatic carbocycles. The first-order valence-corrected chi connectivity index (χ1v) is 4.50. The Morgan fingerprint density at radius 3 is 2.53 bits per heavy atom. The molecule has 0 saturated heterocycles. The number of carboxylic acid groups (broad SMARTS) is 1. The fraction of sp³-hybridized carbons (Fsp3) is 0.444. The van der Waals surface area contributed by atoms with Gasteiger partial charge in [0, 0.05) is 38.6 Å². The van der Waals surface area contributed by atoms with Gasteiger partial charge in [-0.05, 0) is 0 Å². The first-order chi connectivity index (χ1) is 7.09. The third kappa shape index (κ3) is 3.90. The van der Waals surface area contributed by atoms with E-state index in [1.165, 1.54) is 0 Å². The van der Waals surface area contributed by atoms with E-state index in [2.05, 4.69) is 15.3 Å². The van der Waals surface area contributed by atoms with E-state index in [9.17, 15) is 4.79 Å². The fourth-order valence-electron chi connectivity index (χ4n) is 0.984. The highest BCUT2D eigenvalue weighted by atomic mass is 16.4. The molecule has 15 heavy (non-hydrogen) atoms. The average molecular weight is 210 g/mol. The molecular formula is C9H14N4O2. The number of hydrogen-bond donors (Lipinski definition) is 2. The molecule has 1 aromatic rings. The molecule has 0 saturated carbocycles. The highest BCUT2D eigenvalue weighted by molar-refractivity contribution is 5.68. The van der Waals surface area contributed by atoms with Gasteiger partial charge in [-0.15, -0.1) is 0 Å². The summed E-state index contributed by atoms with van der Waals surface area (Å²) in [6, 6.07) is 0. The quantitative estimate of drug-likeness (QED) is 0.695. The van der Waals surface area contributed by atoms with Crippen LogP contribution >= 0.6 is 0 Å². The molecule has 2 N–H and O–H groups in total. The predicted molar refractivity (Wildman–Crippen MR) is 55.7 cm³/mol. The van der Waals surface area contributed by atoms with E-state index in [0.717, 1.165) is 5.56 Å². The molecule has 1 rings (SSSR count). The van der Waals surface area contributed by atoms with Crippen molar-refractivity contribution in [1.29, 1.82) is 0 Å². The summed E-state index contributed by atoms with van der Waals surface area (Å²) >= 11 is 0. The second kappa shape index (κ2) is 5.26. The Bertz CT molecular complexity index is 323. The molecule has 0 spiro atoms. The predicted octanol–water partition coefficient (Wildman–Crippen LogP) is -0.283. The molecule has 6 heteroatoms. The summed E-state index contributed by atoms with van der Waals surface area (Å²) in [7, 11) is 3.72. The van der Waals surface area contributed by atoms with Crippen molar-refractivity contribution in [2.75, 3.05) is 25.5 Å². The van der Waals surface area contributed by atoms with Crippen molar-refractivity contribution in [3.63, 3.8) is 0 Å². The zero-order chi connectivity index (χ0) is 11.3. The van der Waals surface area contributed by atoms with Crippen LogP contribution < -0.4 is 10.2 Å². The van der Waals surface area contributed by atoms with E-state index in [4.69, 9.17) is 5.11 Å². The van der Waals surface area contributed by atoms with Crippen LogP contribution in [0.4, 0.5) is 5.95 Å². The molecule has 0 atom stereocenters. The van der Waals surface area contributed by atoms with Crippen molar-refractivity contribution in [2.45, 2.75) is 6.54 Å². The maximum Gasteiger partial charge on any atom is 0.317 e. The molecule has 1 aromatic heterocycles. The number of hydrogen-bond acceptors (Lipinski definition) is 5. The normalized spacial score (nSPS) is 10.0. The first-order valence-electron chi connectivity index (χ1n) is 4.50. The minimum atomic E-state index is -0.874. The highest BCUT2D eigenvalue weighted by Crippen LogP contribution is 2.02. The van der Waals surface area contributed by atoms with Crippen LogP contribution in [0.2, 0.25) is 0 Å². The van der Waals surface area contributed by atoms with Gasteiger partial charge in [-0.3, -0.25) is 4.79 Å². The maximum absolute atomic E-state index is 10.2. The van der Waals surface area contributed by atoms with Crippen LogP contribution in [0.15, 0.2) is 12.4 Å². The summed E-state index contributed by atoms with van der Waals surface area (Å²) in [5.74, 6) is -0.238. The molecule has 0 aliphatic carbocycles. The summed E-state index contributed by atoms with van der Waals surface area (Å²) < 4.78 is 0. The Morgan fingerprint density at radius 1 is 1.47 bits per heavy atom. The molecule has 0 aliphatic rings. The largest absolute Gasteiger partial charge is 0.480 e. The van der Waals surface area contributed by atoms with Crippen LogP contribution in [-0.2, 0) is 11.3 Å². The molecule has 0 fully saturated rings. The van der Waals surface area contributed by atoms with Crippen LogP contribution in [0.5, 0.6) is 0 Å². The second-order valence-electron chi connectivity index (χ2n) is 3.28. The molecule has 82 valence electrons. The highest BCUT2D eigenvalue weighted by Gasteiger charge is 2.00. The van der Waals surface area contributed by atoms with Gasteiger partial charge in [0.05, 0.1) is 6.54 Å². The molecule has 0 aliphatic heterocycles. The number of carbonyl (C=O) groups is 1. The Kier molecular flexibility index (Phi) is 3.99. The van der Waals surface area contributed by atoms with E-state index in [-0.39, 0.29) is 6.54 Å². The second-order valence-corrected chi connectivity index (χ2v) is 3.28. The number of carboxylic acids is 1. The van der Waals surface area contributed by atoms with Crippen molar-refractivity contribution in [3.05, 3.63) is 18.0 Å². The lowest BCUT2D eigenvalue weighted by atomic mass is 10.3. The molecule has 0 radical (unpaired) electrons. The number of aromatic nitrogens is 2. The Morgan fingerprint density at radius 2 is 2.07 bits per heavy atom. The fourth-order valence-corrected chi connectivity index (χ4v) is 0.984. The Balaban J connectivity index is 2.46. The van der Waals surface area contributed by atoms with Crippen molar-refractivity contribution in [1.82, 2.24) is 15.3 Å². The Hall–Kier alpha value is -1.69. The topological polar surface area (TPSA) is 78.4 Å². The first kappa shape index (κ1) is 11.4. The summed E-state index contributed by atoms with van der Waals surface area (Å²) in [5, 5.41) is 11.2. The van der Waals surface area contributed by atoms with E-state index >= 15 is 0 Å². The van der Waals surface area contributed by atoms with Crippen molar-refractivity contribution >= 4 is 11.9 Å². The van der Waals surface area contributed by atoms with Crippen LogP contribution in [0.25, 0.3) is 0 Å². The van der Waals surface area contributed by atoms with Crippen molar-refractivity contribution < 1.29 is 9.90 Å². The minimum absolute atomic E-state index is 0.0601. The van der Waals surface area contributed by atoms with E-state index in [1.54, 1.807) is 17.3 Å². The summed E-state index contributed by atoms with van der Waals surface area (Å²) in [6.45, 7) is 0.398. The van der Waals surface area contributed by atoms with Gasteiger partial charge >= 0.3 is 5.97 Å². The third-order valence-corrected chi connectivity index (χ3v) is 1.70. The third-order valence-electron chi connectivity index (χ3n) is 1.70. The zero-order valence-electron chi connectivity index (χ0n) is 8.77. The number of nitrogens with zero attached hydrogens (tertiary/aromatic N) is 3. The molecule has 0 bridgehead atoms. The summed E-state index contributed by atoms with van der Waals surface area (Å²) in [5.41, 5.74) is 0.863. The van der Waals surface area contributed by atoms with Gasteiger partial charge in [0.2, 0.25) is 5.95 Å². The van der Waals surface area contributed by atoms with Crippen molar-refractivity contribution in [3.8, 4) is 0 Å². The lowest BCUT2D eigenvalue weighted by Crippen LogP contribution is -2.22. The number of nitrogens with one attached hydrogen (secondary N) is 1. The molecular weight excluding hydrogens is 196 g/mol. The van der Waals surface area contributed by atoms with Crippen LogP contribution in [-0.4, -0.2) is 41.7 Å². The van der Waals surface area contributed by atoms with Crippen LogP contribution in [0, 0.1) is 0 Å². The number of anilines is 1. The van der Waals surface area contributed by atoms with Gasteiger partial charge < -0.3 is 15.3 Å². The van der Waals surface area contributed by atoms with Crippen LogP contribution in [0.1, 0.15) is 5.56 Å². The Labute approximate surface area is 88.0 Å². The average Bonchev–Trinajstić information content (AvgIpc) is 2.18. The van der Waals surface area contributed by atoms with E-state index in [1.807, 2.05) is 14.1 Å². The number of rotatable bonds is 5. The van der Waals surface area contributed by atoms with Gasteiger partial charge in [-0.25, -0.2) is 9.97 Å².